The van der Waals surface area contributed by atoms with E-state index in [9.17, 15) is 0 Å². The minimum atomic E-state index is 0.583. The number of benzene rings is 1. The van der Waals surface area contributed by atoms with E-state index in [4.69, 9.17) is 11.6 Å². The molecule has 1 aliphatic rings. The molecular weight excluding hydrogens is 300 g/mol. The van der Waals surface area contributed by atoms with Crippen molar-refractivity contribution >= 4 is 33.2 Å². The highest BCUT2D eigenvalue weighted by Crippen LogP contribution is 2.28. The predicted molar refractivity (Wildman–Crippen MR) is 78.1 cm³/mol. The summed E-state index contributed by atoms with van der Waals surface area (Å²) in [5, 5.41) is 4.36. The Morgan fingerprint density at radius 2 is 2.35 bits per heavy atom. The molecule has 1 unspecified atom stereocenters. The average molecular weight is 318 g/mol. The number of anilines is 1. The summed E-state index contributed by atoms with van der Waals surface area (Å²) in [6, 6.07) is 6.79. The number of rotatable bonds is 2. The molecule has 1 heterocycles. The summed E-state index contributed by atoms with van der Waals surface area (Å²) in [4.78, 5) is 2.42. The number of nitrogens with zero attached hydrogens (tertiary/aromatic N) is 1. The Balaban J connectivity index is 2.16. The zero-order valence-electron chi connectivity index (χ0n) is 10.0. The lowest BCUT2D eigenvalue weighted by molar-refractivity contribution is 0.528. The predicted octanol–water partition coefficient (Wildman–Crippen LogP) is 3.68. The average Bonchev–Trinajstić information content (AvgIpc) is 2.58. The lowest BCUT2D eigenvalue weighted by atomic mass is 10.2. The highest BCUT2D eigenvalue weighted by molar-refractivity contribution is 9.10. The third-order valence-electron chi connectivity index (χ3n) is 3.24. The van der Waals surface area contributed by atoms with Gasteiger partial charge in [-0.25, -0.2) is 0 Å². The van der Waals surface area contributed by atoms with E-state index in [1.165, 1.54) is 18.5 Å². The molecule has 1 saturated heterocycles. The zero-order chi connectivity index (χ0) is 12.3. The van der Waals surface area contributed by atoms with Crippen molar-refractivity contribution in [1.29, 1.82) is 0 Å². The van der Waals surface area contributed by atoms with Gasteiger partial charge in [-0.15, -0.1) is 0 Å². The molecule has 1 atom stereocenters. The van der Waals surface area contributed by atoms with Gasteiger partial charge in [0.2, 0.25) is 0 Å². The van der Waals surface area contributed by atoms with E-state index in [2.05, 4.69) is 39.1 Å². The summed E-state index contributed by atoms with van der Waals surface area (Å²) >= 11 is 9.59. The lowest BCUT2D eigenvalue weighted by Crippen LogP contribution is -2.37. The summed E-state index contributed by atoms with van der Waals surface area (Å²) in [7, 11) is 0. The molecule has 2 rings (SSSR count). The third kappa shape index (κ3) is 3.36. The molecule has 0 aliphatic carbocycles. The summed E-state index contributed by atoms with van der Waals surface area (Å²) in [6.07, 6.45) is 2.35. The molecule has 0 radical (unpaired) electrons. The monoisotopic (exact) mass is 316 g/mol. The SMILES string of the molecule is CCC1CN(c2ccc(Br)c(Cl)c2)CCCN1. The first-order valence-electron chi connectivity index (χ1n) is 6.14. The first kappa shape index (κ1) is 13.2. The van der Waals surface area contributed by atoms with Gasteiger partial charge in [0.05, 0.1) is 5.02 Å². The van der Waals surface area contributed by atoms with Gasteiger partial charge in [0.25, 0.3) is 0 Å². The van der Waals surface area contributed by atoms with Gasteiger partial charge in [-0.3, -0.25) is 0 Å². The van der Waals surface area contributed by atoms with Gasteiger partial charge in [0, 0.05) is 29.3 Å². The molecule has 1 aromatic carbocycles. The minimum Gasteiger partial charge on any atom is -0.370 e. The lowest BCUT2D eigenvalue weighted by Gasteiger charge is -2.26. The quantitative estimate of drug-likeness (QED) is 0.895. The second kappa shape index (κ2) is 6.07. The highest BCUT2D eigenvalue weighted by Gasteiger charge is 2.16. The van der Waals surface area contributed by atoms with Crippen LogP contribution < -0.4 is 10.2 Å². The molecule has 17 heavy (non-hydrogen) atoms. The van der Waals surface area contributed by atoms with Crippen molar-refractivity contribution in [3.05, 3.63) is 27.7 Å². The van der Waals surface area contributed by atoms with E-state index in [0.29, 0.717) is 6.04 Å². The summed E-state index contributed by atoms with van der Waals surface area (Å²) in [5.41, 5.74) is 1.22. The first-order valence-corrected chi connectivity index (χ1v) is 7.31. The van der Waals surface area contributed by atoms with Crippen molar-refractivity contribution in [2.45, 2.75) is 25.8 Å². The Kier molecular flexibility index (Phi) is 4.71. The van der Waals surface area contributed by atoms with Crippen LogP contribution in [0.2, 0.25) is 5.02 Å². The molecule has 0 amide bonds. The molecule has 4 heteroatoms. The van der Waals surface area contributed by atoms with Crippen molar-refractivity contribution < 1.29 is 0 Å². The second-order valence-electron chi connectivity index (χ2n) is 4.46. The van der Waals surface area contributed by atoms with Gasteiger partial charge < -0.3 is 10.2 Å². The van der Waals surface area contributed by atoms with E-state index >= 15 is 0 Å². The van der Waals surface area contributed by atoms with Crippen LogP contribution in [0.3, 0.4) is 0 Å². The Hall–Kier alpha value is -0.250. The van der Waals surface area contributed by atoms with Crippen LogP contribution >= 0.6 is 27.5 Å². The van der Waals surface area contributed by atoms with Crippen LogP contribution in [0.5, 0.6) is 0 Å². The van der Waals surface area contributed by atoms with Crippen LogP contribution in [-0.4, -0.2) is 25.7 Å². The van der Waals surface area contributed by atoms with Crippen molar-refractivity contribution in [2.75, 3.05) is 24.5 Å². The highest BCUT2D eigenvalue weighted by atomic mass is 79.9. The number of hydrogen-bond acceptors (Lipinski definition) is 2. The van der Waals surface area contributed by atoms with Gasteiger partial charge in [-0.2, -0.15) is 0 Å². The fourth-order valence-electron chi connectivity index (χ4n) is 2.19. The molecule has 0 spiro atoms. The zero-order valence-corrected chi connectivity index (χ0v) is 12.4. The fraction of sp³-hybridized carbons (Fsp3) is 0.538. The Morgan fingerprint density at radius 1 is 1.53 bits per heavy atom. The molecule has 2 nitrogen and oxygen atoms in total. The smallest absolute Gasteiger partial charge is 0.0568 e. The van der Waals surface area contributed by atoms with E-state index in [-0.39, 0.29) is 0 Å². The molecule has 1 fully saturated rings. The van der Waals surface area contributed by atoms with Gasteiger partial charge in [-0.1, -0.05) is 18.5 Å². The van der Waals surface area contributed by atoms with Crippen LogP contribution in [0, 0.1) is 0 Å². The normalized spacial score (nSPS) is 21.4. The number of nitrogens with one attached hydrogen (secondary N) is 1. The third-order valence-corrected chi connectivity index (χ3v) is 4.47. The molecule has 0 bridgehead atoms. The van der Waals surface area contributed by atoms with Crippen LogP contribution in [0.1, 0.15) is 19.8 Å². The van der Waals surface area contributed by atoms with Crippen molar-refractivity contribution in [2.24, 2.45) is 0 Å². The molecule has 1 aromatic rings. The minimum absolute atomic E-state index is 0.583. The van der Waals surface area contributed by atoms with Crippen LogP contribution in [0.15, 0.2) is 22.7 Å². The van der Waals surface area contributed by atoms with Crippen molar-refractivity contribution in [3.8, 4) is 0 Å². The van der Waals surface area contributed by atoms with Crippen molar-refractivity contribution in [1.82, 2.24) is 5.32 Å². The molecule has 94 valence electrons. The molecule has 1 aliphatic heterocycles. The summed E-state index contributed by atoms with van der Waals surface area (Å²) < 4.78 is 0.961. The summed E-state index contributed by atoms with van der Waals surface area (Å²) in [5.74, 6) is 0. The molecule has 0 aromatic heterocycles. The maximum atomic E-state index is 6.15. The largest absolute Gasteiger partial charge is 0.370 e. The maximum absolute atomic E-state index is 6.15. The van der Waals surface area contributed by atoms with Gasteiger partial charge >= 0.3 is 0 Å². The Labute approximate surface area is 116 Å². The Bertz CT molecular complexity index is 384. The number of hydrogen-bond donors (Lipinski definition) is 1. The van der Waals surface area contributed by atoms with E-state index in [1.807, 2.05) is 12.1 Å². The molecule has 0 saturated carbocycles. The van der Waals surface area contributed by atoms with Crippen LogP contribution in [0.4, 0.5) is 5.69 Å². The van der Waals surface area contributed by atoms with E-state index in [0.717, 1.165) is 29.1 Å². The topological polar surface area (TPSA) is 15.3 Å². The van der Waals surface area contributed by atoms with Crippen LogP contribution in [0.25, 0.3) is 0 Å². The van der Waals surface area contributed by atoms with E-state index in [1.54, 1.807) is 0 Å². The van der Waals surface area contributed by atoms with E-state index < -0.39 is 0 Å². The second-order valence-corrected chi connectivity index (χ2v) is 5.72. The Morgan fingerprint density at radius 3 is 3.06 bits per heavy atom. The summed E-state index contributed by atoms with van der Waals surface area (Å²) in [6.45, 7) is 5.50. The molecular formula is C13H18BrClN2. The fourth-order valence-corrected chi connectivity index (χ4v) is 2.61. The van der Waals surface area contributed by atoms with Gasteiger partial charge in [0.1, 0.15) is 0 Å². The first-order chi connectivity index (χ1) is 8.20. The number of halogens is 2. The van der Waals surface area contributed by atoms with Gasteiger partial charge in [0.15, 0.2) is 0 Å². The van der Waals surface area contributed by atoms with Crippen LogP contribution in [-0.2, 0) is 0 Å². The van der Waals surface area contributed by atoms with Crippen molar-refractivity contribution in [3.63, 3.8) is 0 Å². The molecule has 1 N–H and O–H groups in total. The maximum Gasteiger partial charge on any atom is 0.0568 e. The van der Waals surface area contributed by atoms with Gasteiger partial charge in [-0.05, 0) is 53.5 Å². The standard InChI is InChI=1S/C13H18BrClN2/c1-2-10-9-17(7-3-6-16-10)11-4-5-12(14)13(15)8-11/h4-5,8,10,16H,2-3,6-7,9H2,1H3.